The number of hydrogen-bond donors (Lipinski definition) is 3. The van der Waals surface area contributed by atoms with Crippen LogP contribution in [0.5, 0.6) is 0 Å². The zero-order valence-corrected chi connectivity index (χ0v) is 7.59. The zero-order valence-electron chi connectivity index (χ0n) is 7.59. The molecule has 1 aromatic rings. The van der Waals surface area contributed by atoms with Gasteiger partial charge in [-0.2, -0.15) is 0 Å². The third-order valence-electron chi connectivity index (χ3n) is 2.04. The van der Waals surface area contributed by atoms with E-state index < -0.39 is 5.97 Å². The second kappa shape index (κ2) is 3.45. The number of anilines is 1. The first-order valence-electron chi connectivity index (χ1n) is 3.88. The highest BCUT2D eigenvalue weighted by Gasteiger charge is 2.12. The Labute approximate surface area is 76.3 Å². The minimum Gasteiger partial charge on any atom is -0.478 e. The van der Waals surface area contributed by atoms with E-state index in [1.165, 1.54) is 0 Å². The summed E-state index contributed by atoms with van der Waals surface area (Å²) in [4.78, 5) is 10.8. The summed E-state index contributed by atoms with van der Waals surface area (Å²) in [5.41, 5.74) is 4.81. The predicted octanol–water partition coefficient (Wildman–Crippen LogP) is 1.29. The quantitative estimate of drug-likeness (QED) is 0.473. The van der Waals surface area contributed by atoms with Crippen LogP contribution >= 0.6 is 0 Å². The summed E-state index contributed by atoms with van der Waals surface area (Å²) in [5, 5.41) is 8.90. The van der Waals surface area contributed by atoms with Crippen molar-refractivity contribution in [2.45, 2.75) is 13.8 Å². The SMILES string of the molecule is Cc1ccc(NN)c(C)c1C(=O)O. The summed E-state index contributed by atoms with van der Waals surface area (Å²) in [6.07, 6.45) is 0. The van der Waals surface area contributed by atoms with Crippen molar-refractivity contribution in [3.63, 3.8) is 0 Å². The number of carboxylic acid groups (broad SMARTS) is 1. The third kappa shape index (κ3) is 1.62. The zero-order chi connectivity index (χ0) is 10.0. The fourth-order valence-corrected chi connectivity index (χ4v) is 1.33. The fraction of sp³-hybridized carbons (Fsp3) is 0.222. The summed E-state index contributed by atoms with van der Waals surface area (Å²) in [6.45, 7) is 3.49. The van der Waals surface area contributed by atoms with Crippen molar-refractivity contribution in [2.24, 2.45) is 5.84 Å². The van der Waals surface area contributed by atoms with Crippen molar-refractivity contribution in [1.82, 2.24) is 0 Å². The Kier molecular flexibility index (Phi) is 2.53. The molecular formula is C9H12N2O2. The van der Waals surface area contributed by atoms with Gasteiger partial charge in [0.25, 0.3) is 0 Å². The number of aryl methyl sites for hydroxylation is 1. The van der Waals surface area contributed by atoms with Crippen molar-refractivity contribution < 1.29 is 9.90 Å². The number of nitrogens with one attached hydrogen (secondary N) is 1. The van der Waals surface area contributed by atoms with E-state index >= 15 is 0 Å². The minimum atomic E-state index is -0.924. The van der Waals surface area contributed by atoms with E-state index in [1.807, 2.05) is 0 Å². The Morgan fingerprint density at radius 3 is 2.54 bits per heavy atom. The van der Waals surface area contributed by atoms with Crippen LogP contribution in [0, 0.1) is 13.8 Å². The van der Waals surface area contributed by atoms with Crippen LogP contribution in [-0.2, 0) is 0 Å². The van der Waals surface area contributed by atoms with Crippen LogP contribution in [0.4, 0.5) is 5.69 Å². The lowest BCUT2D eigenvalue weighted by atomic mass is 10.0. The molecule has 13 heavy (non-hydrogen) atoms. The van der Waals surface area contributed by atoms with Gasteiger partial charge in [0.15, 0.2) is 0 Å². The maximum absolute atomic E-state index is 10.8. The number of benzene rings is 1. The molecule has 0 aliphatic rings. The molecule has 4 nitrogen and oxygen atoms in total. The maximum Gasteiger partial charge on any atom is 0.336 e. The molecule has 0 aliphatic carbocycles. The van der Waals surface area contributed by atoms with Gasteiger partial charge >= 0.3 is 5.97 Å². The Balaban J connectivity index is 3.38. The van der Waals surface area contributed by atoms with Crippen molar-refractivity contribution >= 4 is 11.7 Å². The average molecular weight is 180 g/mol. The number of carboxylic acids is 1. The van der Waals surface area contributed by atoms with Crippen LogP contribution in [0.1, 0.15) is 21.5 Å². The topological polar surface area (TPSA) is 75.3 Å². The number of aromatic carboxylic acids is 1. The third-order valence-corrected chi connectivity index (χ3v) is 2.04. The summed E-state index contributed by atoms with van der Waals surface area (Å²) in [6, 6.07) is 3.49. The van der Waals surface area contributed by atoms with Gasteiger partial charge in [0.05, 0.1) is 11.3 Å². The second-order valence-electron chi connectivity index (χ2n) is 2.88. The molecular weight excluding hydrogens is 168 g/mol. The lowest BCUT2D eigenvalue weighted by Gasteiger charge is -2.09. The number of hydrazine groups is 1. The van der Waals surface area contributed by atoms with E-state index in [4.69, 9.17) is 10.9 Å². The maximum atomic E-state index is 10.8. The average Bonchev–Trinajstić information content (AvgIpc) is 2.04. The highest BCUT2D eigenvalue weighted by Crippen LogP contribution is 2.21. The molecule has 0 unspecified atom stereocenters. The van der Waals surface area contributed by atoms with E-state index in [1.54, 1.807) is 26.0 Å². The van der Waals surface area contributed by atoms with E-state index in [0.29, 0.717) is 16.8 Å². The molecule has 0 fully saturated rings. The molecule has 0 saturated carbocycles. The first-order valence-corrected chi connectivity index (χ1v) is 3.88. The molecule has 0 saturated heterocycles. The van der Waals surface area contributed by atoms with E-state index in [-0.39, 0.29) is 0 Å². The molecule has 0 aromatic heterocycles. The van der Waals surface area contributed by atoms with Gasteiger partial charge in [-0.05, 0) is 31.0 Å². The number of nitrogen functional groups attached to an aromatic ring is 1. The summed E-state index contributed by atoms with van der Waals surface area (Å²) in [5.74, 6) is 4.30. The van der Waals surface area contributed by atoms with Crippen LogP contribution in [0.2, 0.25) is 0 Å². The van der Waals surface area contributed by atoms with Gasteiger partial charge in [0, 0.05) is 0 Å². The van der Waals surface area contributed by atoms with Gasteiger partial charge in [-0.3, -0.25) is 5.84 Å². The second-order valence-corrected chi connectivity index (χ2v) is 2.88. The molecule has 0 radical (unpaired) electrons. The number of nitrogens with two attached hydrogens (primary N) is 1. The molecule has 4 N–H and O–H groups in total. The van der Waals surface area contributed by atoms with Crippen LogP contribution in [0.15, 0.2) is 12.1 Å². The van der Waals surface area contributed by atoms with Crippen molar-refractivity contribution in [1.29, 1.82) is 0 Å². The Hall–Kier alpha value is -1.55. The van der Waals surface area contributed by atoms with E-state index in [2.05, 4.69) is 5.43 Å². The van der Waals surface area contributed by atoms with Crippen LogP contribution < -0.4 is 11.3 Å². The fourth-order valence-electron chi connectivity index (χ4n) is 1.33. The molecule has 4 heteroatoms. The molecule has 1 rings (SSSR count). The van der Waals surface area contributed by atoms with Crippen molar-refractivity contribution in [3.8, 4) is 0 Å². The largest absolute Gasteiger partial charge is 0.478 e. The Morgan fingerprint density at radius 1 is 1.46 bits per heavy atom. The number of carbonyl (C=O) groups is 1. The van der Waals surface area contributed by atoms with Crippen LogP contribution in [0.25, 0.3) is 0 Å². The lowest BCUT2D eigenvalue weighted by molar-refractivity contribution is 0.0695. The van der Waals surface area contributed by atoms with Gasteiger partial charge in [-0.15, -0.1) is 0 Å². The van der Waals surface area contributed by atoms with Crippen molar-refractivity contribution in [3.05, 3.63) is 28.8 Å². The van der Waals surface area contributed by atoms with E-state index in [0.717, 1.165) is 5.56 Å². The lowest BCUT2D eigenvalue weighted by Crippen LogP contribution is -2.11. The Bertz CT molecular complexity index is 348. The molecule has 0 amide bonds. The summed E-state index contributed by atoms with van der Waals surface area (Å²) >= 11 is 0. The monoisotopic (exact) mass is 180 g/mol. The van der Waals surface area contributed by atoms with Gasteiger partial charge in [0.1, 0.15) is 0 Å². The minimum absolute atomic E-state index is 0.315. The molecule has 0 atom stereocenters. The molecule has 70 valence electrons. The van der Waals surface area contributed by atoms with Gasteiger partial charge in [0.2, 0.25) is 0 Å². The number of hydrogen-bond acceptors (Lipinski definition) is 3. The van der Waals surface area contributed by atoms with Gasteiger partial charge in [-0.1, -0.05) is 6.07 Å². The molecule has 0 bridgehead atoms. The highest BCUT2D eigenvalue weighted by molar-refractivity contribution is 5.92. The van der Waals surface area contributed by atoms with Crippen molar-refractivity contribution in [2.75, 3.05) is 5.43 Å². The van der Waals surface area contributed by atoms with Crippen LogP contribution in [-0.4, -0.2) is 11.1 Å². The molecule has 0 heterocycles. The predicted molar refractivity (Wildman–Crippen MR) is 50.7 cm³/mol. The standard InChI is InChI=1S/C9H12N2O2/c1-5-3-4-7(11-10)6(2)8(5)9(12)13/h3-4,11H,10H2,1-2H3,(H,12,13). The first kappa shape index (κ1) is 9.54. The van der Waals surface area contributed by atoms with E-state index in [9.17, 15) is 4.79 Å². The molecule has 1 aromatic carbocycles. The number of rotatable bonds is 2. The Morgan fingerprint density at radius 2 is 2.08 bits per heavy atom. The summed E-state index contributed by atoms with van der Waals surface area (Å²) < 4.78 is 0. The molecule has 0 spiro atoms. The van der Waals surface area contributed by atoms with Gasteiger partial charge < -0.3 is 10.5 Å². The summed E-state index contributed by atoms with van der Waals surface area (Å²) in [7, 11) is 0. The smallest absolute Gasteiger partial charge is 0.336 e. The first-order chi connectivity index (χ1) is 6.07. The van der Waals surface area contributed by atoms with Gasteiger partial charge in [-0.25, -0.2) is 4.79 Å². The molecule has 0 aliphatic heterocycles. The normalized spacial score (nSPS) is 9.77. The van der Waals surface area contributed by atoms with Crippen LogP contribution in [0.3, 0.4) is 0 Å². The highest BCUT2D eigenvalue weighted by atomic mass is 16.4.